The number of benzene rings is 2. The highest BCUT2D eigenvalue weighted by atomic mass is 16.5. The molecule has 0 aliphatic rings. The molecular formula is C18H17N3O3. The van der Waals surface area contributed by atoms with Crippen molar-refractivity contribution in [3.8, 4) is 16.9 Å². The molecule has 0 aliphatic carbocycles. The summed E-state index contributed by atoms with van der Waals surface area (Å²) in [4.78, 5) is 11.1. The Bertz CT molecular complexity index is 886. The maximum absolute atomic E-state index is 11.1. The first-order valence-corrected chi connectivity index (χ1v) is 7.41. The molecule has 0 amide bonds. The molecule has 1 aromatic heterocycles. The molecule has 0 radical (unpaired) electrons. The smallest absolute Gasteiger partial charge is 0.264 e. The SMILES string of the molecule is COc1ccc(Cc2ccc(=O)[nH]n2)cc1-c1cccc(NO)c1. The van der Waals surface area contributed by atoms with Gasteiger partial charge in [-0.2, -0.15) is 5.10 Å². The van der Waals surface area contributed by atoms with E-state index in [1.807, 2.05) is 36.4 Å². The molecule has 6 heteroatoms. The van der Waals surface area contributed by atoms with Gasteiger partial charge in [-0.1, -0.05) is 18.2 Å². The number of anilines is 1. The van der Waals surface area contributed by atoms with Crippen molar-refractivity contribution in [1.82, 2.24) is 10.2 Å². The Morgan fingerprint density at radius 3 is 2.75 bits per heavy atom. The van der Waals surface area contributed by atoms with E-state index in [4.69, 9.17) is 9.94 Å². The van der Waals surface area contributed by atoms with Crippen LogP contribution in [0.4, 0.5) is 5.69 Å². The molecule has 0 saturated carbocycles. The average Bonchev–Trinajstić information content (AvgIpc) is 2.63. The van der Waals surface area contributed by atoms with Gasteiger partial charge in [0.05, 0.1) is 18.5 Å². The Morgan fingerprint density at radius 2 is 2.04 bits per heavy atom. The molecule has 0 bridgehead atoms. The number of nitrogens with one attached hydrogen (secondary N) is 2. The first-order chi connectivity index (χ1) is 11.7. The summed E-state index contributed by atoms with van der Waals surface area (Å²) in [7, 11) is 1.62. The Balaban J connectivity index is 1.98. The van der Waals surface area contributed by atoms with E-state index in [2.05, 4.69) is 15.7 Å². The van der Waals surface area contributed by atoms with Crippen LogP contribution in [0.2, 0.25) is 0 Å². The van der Waals surface area contributed by atoms with Crippen LogP contribution in [0, 0.1) is 0 Å². The van der Waals surface area contributed by atoms with Gasteiger partial charge in [0.1, 0.15) is 5.75 Å². The average molecular weight is 323 g/mol. The molecule has 122 valence electrons. The van der Waals surface area contributed by atoms with Crippen molar-refractivity contribution < 1.29 is 9.94 Å². The van der Waals surface area contributed by atoms with Crippen LogP contribution in [0.1, 0.15) is 11.3 Å². The summed E-state index contributed by atoms with van der Waals surface area (Å²) in [6.07, 6.45) is 0.589. The van der Waals surface area contributed by atoms with Crippen LogP contribution >= 0.6 is 0 Å². The normalized spacial score (nSPS) is 10.4. The quantitative estimate of drug-likeness (QED) is 0.629. The number of hydrogen-bond acceptors (Lipinski definition) is 5. The summed E-state index contributed by atoms with van der Waals surface area (Å²) in [5, 5.41) is 15.6. The van der Waals surface area contributed by atoms with E-state index in [-0.39, 0.29) is 5.56 Å². The van der Waals surface area contributed by atoms with E-state index in [9.17, 15) is 4.79 Å². The fourth-order valence-electron chi connectivity index (χ4n) is 2.53. The topological polar surface area (TPSA) is 87.2 Å². The van der Waals surface area contributed by atoms with Crippen LogP contribution in [0.3, 0.4) is 0 Å². The first kappa shape index (κ1) is 15.8. The number of H-pyrrole nitrogens is 1. The van der Waals surface area contributed by atoms with Crippen LogP contribution in [0.5, 0.6) is 5.75 Å². The Labute approximate surface area is 138 Å². The fraction of sp³-hybridized carbons (Fsp3) is 0.111. The van der Waals surface area contributed by atoms with E-state index in [1.165, 1.54) is 6.07 Å². The van der Waals surface area contributed by atoms with Crippen molar-refractivity contribution in [3.05, 3.63) is 76.2 Å². The lowest BCUT2D eigenvalue weighted by molar-refractivity contribution is 0.389. The van der Waals surface area contributed by atoms with Crippen molar-refractivity contribution in [2.75, 3.05) is 12.6 Å². The number of hydrogen-bond donors (Lipinski definition) is 3. The molecule has 1 heterocycles. The molecule has 2 aromatic carbocycles. The standard InChI is InChI=1S/C18H17N3O3/c1-24-17-7-5-12(9-14-6-8-18(22)20-19-14)10-16(17)13-3-2-4-15(11-13)21-23/h2-8,10-11,21,23H,9H2,1H3,(H,20,22). The first-order valence-electron chi connectivity index (χ1n) is 7.41. The third kappa shape index (κ3) is 3.44. The second kappa shape index (κ2) is 6.97. The molecule has 3 N–H and O–H groups in total. The van der Waals surface area contributed by atoms with Crippen LogP contribution in [0.25, 0.3) is 11.1 Å². The largest absolute Gasteiger partial charge is 0.496 e. The lowest BCUT2D eigenvalue weighted by Crippen LogP contribution is -2.07. The fourth-order valence-corrected chi connectivity index (χ4v) is 2.53. The van der Waals surface area contributed by atoms with Crippen molar-refractivity contribution in [2.45, 2.75) is 6.42 Å². The lowest BCUT2D eigenvalue weighted by atomic mass is 9.99. The molecule has 3 rings (SSSR count). The predicted molar refractivity (Wildman–Crippen MR) is 91.5 cm³/mol. The number of methoxy groups -OCH3 is 1. The van der Waals surface area contributed by atoms with E-state index in [0.29, 0.717) is 12.1 Å². The minimum Gasteiger partial charge on any atom is -0.496 e. The number of aromatic amines is 1. The van der Waals surface area contributed by atoms with E-state index in [0.717, 1.165) is 28.1 Å². The highest BCUT2D eigenvalue weighted by Crippen LogP contribution is 2.32. The predicted octanol–water partition coefficient (Wildman–Crippen LogP) is 2.84. The zero-order valence-electron chi connectivity index (χ0n) is 13.1. The van der Waals surface area contributed by atoms with Crippen molar-refractivity contribution in [2.24, 2.45) is 0 Å². The molecule has 0 saturated heterocycles. The third-order valence-electron chi connectivity index (χ3n) is 3.69. The van der Waals surface area contributed by atoms with Gasteiger partial charge in [0.15, 0.2) is 0 Å². The lowest BCUT2D eigenvalue weighted by Gasteiger charge is -2.12. The van der Waals surface area contributed by atoms with E-state index < -0.39 is 0 Å². The zero-order chi connectivity index (χ0) is 16.9. The Hall–Kier alpha value is -3.12. The van der Waals surface area contributed by atoms with Crippen LogP contribution < -0.4 is 15.8 Å². The summed E-state index contributed by atoms with van der Waals surface area (Å²) in [5.74, 6) is 0.739. The Kier molecular flexibility index (Phi) is 4.58. The summed E-state index contributed by atoms with van der Waals surface area (Å²) >= 11 is 0. The van der Waals surface area contributed by atoms with Gasteiger partial charge in [0.25, 0.3) is 5.56 Å². The minimum atomic E-state index is -0.220. The Morgan fingerprint density at radius 1 is 1.17 bits per heavy atom. The second-order valence-corrected chi connectivity index (χ2v) is 5.32. The van der Waals surface area contributed by atoms with Gasteiger partial charge in [-0.3, -0.25) is 15.5 Å². The summed E-state index contributed by atoms with van der Waals surface area (Å²) < 4.78 is 5.45. The van der Waals surface area contributed by atoms with Crippen LogP contribution in [-0.2, 0) is 6.42 Å². The summed E-state index contributed by atoms with van der Waals surface area (Å²) in [5.41, 5.74) is 6.17. The second-order valence-electron chi connectivity index (χ2n) is 5.32. The third-order valence-corrected chi connectivity index (χ3v) is 3.69. The van der Waals surface area contributed by atoms with Gasteiger partial charge in [-0.25, -0.2) is 5.10 Å². The molecule has 0 spiro atoms. The number of ether oxygens (including phenoxy) is 1. The molecule has 24 heavy (non-hydrogen) atoms. The van der Waals surface area contributed by atoms with Crippen molar-refractivity contribution >= 4 is 5.69 Å². The number of aromatic nitrogens is 2. The maximum atomic E-state index is 11.1. The molecule has 0 atom stereocenters. The van der Waals surface area contributed by atoms with Gasteiger partial charge in [-0.05, 0) is 41.5 Å². The van der Waals surface area contributed by atoms with Crippen molar-refractivity contribution in [1.29, 1.82) is 0 Å². The highest BCUT2D eigenvalue weighted by molar-refractivity contribution is 5.74. The van der Waals surface area contributed by atoms with Crippen LogP contribution in [-0.4, -0.2) is 22.5 Å². The molecule has 0 unspecified atom stereocenters. The molecular weight excluding hydrogens is 306 g/mol. The van der Waals surface area contributed by atoms with Gasteiger partial charge >= 0.3 is 0 Å². The minimum absolute atomic E-state index is 0.220. The van der Waals surface area contributed by atoms with Crippen molar-refractivity contribution in [3.63, 3.8) is 0 Å². The molecule has 0 fully saturated rings. The molecule has 3 aromatic rings. The summed E-state index contributed by atoms with van der Waals surface area (Å²) in [6.45, 7) is 0. The van der Waals surface area contributed by atoms with Gasteiger partial charge in [0, 0.05) is 18.1 Å². The maximum Gasteiger partial charge on any atom is 0.264 e. The van der Waals surface area contributed by atoms with E-state index >= 15 is 0 Å². The molecule has 0 aliphatic heterocycles. The zero-order valence-corrected chi connectivity index (χ0v) is 13.1. The summed E-state index contributed by atoms with van der Waals surface area (Å²) in [6, 6.07) is 16.4. The highest BCUT2D eigenvalue weighted by Gasteiger charge is 2.09. The van der Waals surface area contributed by atoms with Crippen LogP contribution in [0.15, 0.2) is 59.4 Å². The van der Waals surface area contributed by atoms with Gasteiger partial charge < -0.3 is 4.74 Å². The van der Waals surface area contributed by atoms with Gasteiger partial charge in [-0.15, -0.1) is 0 Å². The van der Waals surface area contributed by atoms with E-state index in [1.54, 1.807) is 19.2 Å². The van der Waals surface area contributed by atoms with Gasteiger partial charge in [0.2, 0.25) is 0 Å². The number of rotatable bonds is 5. The molecule has 6 nitrogen and oxygen atoms in total. The number of nitrogens with zero attached hydrogens (tertiary/aromatic N) is 1. The monoisotopic (exact) mass is 323 g/mol.